The summed E-state index contributed by atoms with van der Waals surface area (Å²) in [5.41, 5.74) is 2.04. The summed E-state index contributed by atoms with van der Waals surface area (Å²) in [6.07, 6.45) is 0.325. The highest BCUT2D eigenvalue weighted by Gasteiger charge is 2.24. The molecule has 0 heterocycles. The van der Waals surface area contributed by atoms with E-state index >= 15 is 0 Å². The molecular formula is C13H17NO3. The summed E-state index contributed by atoms with van der Waals surface area (Å²) in [6, 6.07) is 6.83. The van der Waals surface area contributed by atoms with E-state index < -0.39 is 12.0 Å². The lowest BCUT2D eigenvalue weighted by molar-refractivity contribution is -0.148. The summed E-state index contributed by atoms with van der Waals surface area (Å²) < 4.78 is 0. The van der Waals surface area contributed by atoms with Gasteiger partial charge in [0.15, 0.2) is 0 Å². The van der Waals surface area contributed by atoms with Crippen molar-refractivity contribution in [3.8, 4) is 0 Å². The Morgan fingerprint density at radius 3 is 2.24 bits per heavy atom. The number of carboxylic acid groups (broad SMARTS) is 1. The summed E-state index contributed by atoms with van der Waals surface area (Å²) in [4.78, 5) is 23.6. The van der Waals surface area contributed by atoms with E-state index in [2.05, 4.69) is 0 Å². The zero-order chi connectivity index (χ0) is 13.0. The van der Waals surface area contributed by atoms with E-state index in [1.165, 1.54) is 18.9 Å². The van der Waals surface area contributed by atoms with Crippen molar-refractivity contribution < 1.29 is 14.7 Å². The highest BCUT2D eigenvalue weighted by Crippen LogP contribution is 2.10. The molecule has 0 bridgehead atoms. The predicted octanol–water partition coefficient (Wildman–Crippen LogP) is 1.47. The molecule has 0 aliphatic rings. The molecule has 1 aromatic rings. The van der Waals surface area contributed by atoms with E-state index in [0.717, 1.165) is 11.1 Å². The molecule has 0 aliphatic carbocycles. The highest BCUT2D eigenvalue weighted by molar-refractivity contribution is 5.82. The fourth-order valence-corrected chi connectivity index (χ4v) is 1.56. The molecule has 1 unspecified atom stereocenters. The van der Waals surface area contributed by atoms with Gasteiger partial charge < -0.3 is 10.0 Å². The van der Waals surface area contributed by atoms with Gasteiger partial charge in [-0.3, -0.25) is 4.79 Å². The van der Waals surface area contributed by atoms with Crippen molar-refractivity contribution in [1.82, 2.24) is 4.90 Å². The van der Waals surface area contributed by atoms with Crippen molar-refractivity contribution in [1.29, 1.82) is 0 Å². The lowest BCUT2D eigenvalue weighted by atomic mass is 10.0. The molecule has 1 atom stereocenters. The molecule has 0 fully saturated rings. The molecule has 0 saturated heterocycles. The first-order valence-electron chi connectivity index (χ1n) is 5.43. The zero-order valence-corrected chi connectivity index (χ0v) is 10.3. The number of hydrogen-bond acceptors (Lipinski definition) is 2. The van der Waals surface area contributed by atoms with Gasteiger partial charge in [0.25, 0.3) is 0 Å². The van der Waals surface area contributed by atoms with Gasteiger partial charge >= 0.3 is 5.97 Å². The van der Waals surface area contributed by atoms with Crippen LogP contribution in [0.25, 0.3) is 0 Å². The van der Waals surface area contributed by atoms with Crippen molar-refractivity contribution in [3.05, 3.63) is 35.4 Å². The summed E-state index contributed by atoms with van der Waals surface area (Å²) in [5, 5.41) is 9.11. The number of hydrogen-bond donors (Lipinski definition) is 1. The average Bonchev–Trinajstić information content (AvgIpc) is 2.26. The Morgan fingerprint density at radius 1 is 1.29 bits per heavy atom. The molecule has 1 amide bonds. The van der Waals surface area contributed by atoms with Crippen molar-refractivity contribution >= 4 is 11.9 Å². The fraction of sp³-hybridized carbons (Fsp3) is 0.385. The van der Waals surface area contributed by atoms with Gasteiger partial charge in [0, 0.05) is 20.4 Å². The van der Waals surface area contributed by atoms with Crippen LogP contribution in [-0.2, 0) is 16.0 Å². The lowest BCUT2D eigenvalue weighted by Crippen LogP contribution is -2.42. The summed E-state index contributed by atoms with van der Waals surface area (Å²) in [5.74, 6) is -1.23. The smallest absolute Gasteiger partial charge is 0.326 e. The average molecular weight is 235 g/mol. The van der Waals surface area contributed by atoms with Crippen LogP contribution in [0.4, 0.5) is 0 Å². The van der Waals surface area contributed by atoms with E-state index in [4.69, 9.17) is 5.11 Å². The Kier molecular flexibility index (Phi) is 4.26. The van der Waals surface area contributed by atoms with Gasteiger partial charge in [-0.05, 0) is 12.5 Å². The van der Waals surface area contributed by atoms with E-state index in [1.807, 2.05) is 31.2 Å². The highest BCUT2D eigenvalue weighted by atomic mass is 16.4. The molecule has 0 aliphatic heterocycles. The Bertz CT molecular complexity index is 411. The monoisotopic (exact) mass is 235 g/mol. The summed E-state index contributed by atoms with van der Waals surface area (Å²) in [7, 11) is 1.51. The normalized spacial score (nSPS) is 11.9. The minimum absolute atomic E-state index is 0.246. The number of rotatable bonds is 4. The molecule has 4 heteroatoms. The maximum absolute atomic E-state index is 11.2. The number of nitrogens with zero attached hydrogens (tertiary/aromatic N) is 1. The van der Waals surface area contributed by atoms with Crippen LogP contribution in [-0.4, -0.2) is 35.0 Å². The number of carbonyl (C=O) groups is 2. The molecule has 1 N–H and O–H groups in total. The van der Waals surface area contributed by atoms with Crippen LogP contribution in [0, 0.1) is 6.92 Å². The Labute approximate surface area is 101 Å². The lowest BCUT2D eigenvalue weighted by Gasteiger charge is -2.23. The fourth-order valence-electron chi connectivity index (χ4n) is 1.56. The second-order valence-corrected chi connectivity index (χ2v) is 4.17. The first-order valence-corrected chi connectivity index (χ1v) is 5.43. The first-order chi connectivity index (χ1) is 7.91. The van der Waals surface area contributed by atoms with Gasteiger partial charge in [-0.15, -0.1) is 0 Å². The molecule has 0 aromatic heterocycles. The van der Waals surface area contributed by atoms with E-state index in [0.29, 0.717) is 6.42 Å². The van der Waals surface area contributed by atoms with Crippen molar-refractivity contribution in [3.63, 3.8) is 0 Å². The molecule has 0 spiro atoms. The summed E-state index contributed by atoms with van der Waals surface area (Å²) in [6.45, 7) is 3.34. The largest absolute Gasteiger partial charge is 0.480 e. The van der Waals surface area contributed by atoms with Crippen molar-refractivity contribution in [2.24, 2.45) is 0 Å². The Morgan fingerprint density at radius 2 is 1.82 bits per heavy atom. The summed E-state index contributed by atoms with van der Waals surface area (Å²) >= 11 is 0. The third-order valence-electron chi connectivity index (χ3n) is 2.80. The maximum Gasteiger partial charge on any atom is 0.326 e. The third-order valence-corrected chi connectivity index (χ3v) is 2.80. The number of aryl methyl sites for hydroxylation is 1. The van der Waals surface area contributed by atoms with Crippen LogP contribution in [0.2, 0.25) is 0 Å². The standard InChI is InChI=1S/C13H17NO3/c1-9-4-6-11(7-5-9)8-12(13(16)17)14(3)10(2)15/h4-7,12H,8H2,1-3H3,(H,16,17). The van der Waals surface area contributed by atoms with Crippen molar-refractivity contribution in [2.45, 2.75) is 26.3 Å². The quantitative estimate of drug-likeness (QED) is 0.859. The molecule has 0 radical (unpaired) electrons. The molecule has 0 saturated carbocycles. The van der Waals surface area contributed by atoms with E-state index in [-0.39, 0.29) is 5.91 Å². The third kappa shape index (κ3) is 3.59. The number of carboxylic acids is 1. The van der Waals surface area contributed by atoms with Crippen LogP contribution < -0.4 is 0 Å². The van der Waals surface area contributed by atoms with Gasteiger partial charge in [-0.1, -0.05) is 29.8 Å². The molecule has 92 valence electrons. The Hall–Kier alpha value is -1.84. The van der Waals surface area contributed by atoms with Crippen molar-refractivity contribution in [2.75, 3.05) is 7.05 Å². The van der Waals surface area contributed by atoms with Gasteiger partial charge in [-0.25, -0.2) is 4.79 Å². The maximum atomic E-state index is 11.2. The second-order valence-electron chi connectivity index (χ2n) is 4.17. The molecule has 1 rings (SSSR count). The second kappa shape index (κ2) is 5.48. The zero-order valence-electron chi connectivity index (χ0n) is 10.3. The SMILES string of the molecule is CC(=O)N(C)C(Cc1ccc(C)cc1)C(=O)O. The number of carbonyl (C=O) groups excluding carboxylic acids is 1. The molecule has 4 nitrogen and oxygen atoms in total. The molecule has 1 aromatic carbocycles. The van der Waals surface area contributed by atoms with Gasteiger partial charge in [0.1, 0.15) is 6.04 Å². The minimum Gasteiger partial charge on any atom is -0.480 e. The number of aliphatic carboxylic acids is 1. The van der Waals surface area contributed by atoms with Gasteiger partial charge in [0.2, 0.25) is 5.91 Å². The first kappa shape index (κ1) is 13.2. The van der Waals surface area contributed by atoms with E-state index in [9.17, 15) is 9.59 Å². The number of benzene rings is 1. The van der Waals surface area contributed by atoms with Crippen LogP contribution in [0.15, 0.2) is 24.3 Å². The van der Waals surface area contributed by atoms with Gasteiger partial charge in [-0.2, -0.15) is 0 Å². The van der Waals surface area contributed by atoms with Crippen LogP contribution >= 0.6 is 0 Å². The van der Waals surface area contributed by atoms with E-state index in [1.54, 1.807) is 0 Å². The minimum atomic E-state index is -0.983. The van der Waals surface area contributed by atoms with Crippen LogP contribution in [0.5, 0.6) is 0 Å². The predicted molar refractivity (Wildman–Crippen MR) is 64.8 cm³/mol. The van der Waals surface area contributed by atoms with Gasteiger partial charge in [0.05, 0.1) is 0 Å². The van der Waals surface area contributed by atoms with Crippen LogP contribution in [0.3, 0.4) is 0 Å². The number of likely N-dealkylation sites (N-methyl/N-ethyl adjacent to an activating group) is 1. The molecule has 17 heavy (non-hydrogen) atoms. The molecular weight excluding hydrogens is 218 g/mol. The Balaban J connectivity index is 2.84. The topological polar surface area (TPSA) is 57.6 Å². The van der Waals surface area contributed by atoms with Crippen LogP contribution in [0.1, 0.15) is 18.1 Å². The number of amides is 1.